The van der Waals surface area contributed by atoms with E-state index in [-0.39, 0.29) is 11.9 Å². The van der Waals surface area contributed by atoms with Crippen LogP contribution >= 0.6 is 0 Å². The fourth-order valence-corrected chi connectivity index (χ4v) is 3.76. The van der Waals surface area contributed by atoms with Gasteiger partial charge in [0.05, 0.1) is 11.6 Å². The van der Waals surface area contributed by atoms with E-state index in [1.165, 1.54) is 19.3 Å². The van der Waals surface area contributed by atoms with E-state index >= 15 is 0 Å². The fraction of sp³-hybridized carbons (Fsp3) is 0.417. The lowest BCUT2D eigenvalue weighted by molar-refractivity contribution is 0.0612. The van der Waals surface area contributed by atoms with Crippen LogP contribution in [-0.4, -0.2) is 36.5 Å². The van der Waals surface area contributed by atoms with E-state index in [9.17, 15) is 4.79 Å². The first-order chi connectivity index (χ1) is 13.7. The molecule has 3 rings (SSSR count). The molecule has 4 nitrogen and oxygen atoms in total. The Hall–Kier alpha value is -2.64. The molecule has 2 aromatic carbocycles. The van der Waals surface area contributed by atoms with Crippen molar-refractivity contribution in [2.45, 2.75) is 45.1 Å². The molecule has 1 saturated heterocycles. The molecule has 1 fully saturated rings. The van der Waals surface area contributed by atoms with Gasteiger partial charge in [0.25, 0.3) is 5.91 Å². The highest BCUT2D eigenvalue weighted by atomic mass is 16.2. The van der Waals surface area contributed by atoms with Crippen molar-refractivity contribution < 1.29 is 4.79 Å². The molecular weight excluding hydrogens is 346 g/mol. The summed E-state index contributed by atoms with van der Waals surface area (Å²) < 4.78 is 0. The van der Waals surface area contributed by atoms with E-state index in [0.29, 0.717) is 5.56 Å². The number of nitrogens with zero attached hydrogens (tertiary/aromatic N) is 2. The molecule has 1 atom stereocenters. The minimum atomic E-state index is 0.133. The second-order valence-corrected chi connectivity index (χ2v) is 7.47. The van der Waals surface area contributed by atoms with Gasteiger partial charge in [-0.1, -0.05) is 37.6 Å². The van der Waals surface area contributed by atoms with Crippen LogP contribution in [0.25, 0.3) is 11.1 Å². The van der Waals surface area contributed by atoms with Gasteiger partial charge >= 0.3 is 0 Å². The molecule has 0 saturated carbocycles. The van der Waals surface area contributed by atoms with Crippen molar-refractivity contribution in [2.24, 2.45) is 0 Å². The van der Waals surface area contributed by atoms with Crippen molar-refractivity contribution in [1.82, 2.24) is 10.2 Å². The van der Waals surface area contributed by atoms with Gasteiger partial charge < -0.3 is 10.2 Å². The summed E-state index contributed by atoms with van der Waals surface area (Å²) >= 11 is 0. The predicted octanol–water partition coefficient (Wildman–Crippen LogP) is 4.61. The maximum Gasteiger partial charge on any atom is 0.254 e. The molecule has 2 aromatic rings. The zero-order chi connectivity index (χ0) is 19.8. The minimum absolute atomic E-state index is 0.133. The van der Waals surface area contributed by atoms with E-state index < -0.39 is 0 Å². The van der Waals surface area contributed by atoms with E-state index in [0.717, 1.165) is 49.2 Å². The highest BCUT2D eigenvalue weighted by Crippen LogP contribution is 2.23. The molecule has 146 valence electrons. The number of unbranched alkanes of at least 4 members (excludes halogenated alkanes) is 1. The number of carbonyl (C=O) groups is 1. The van der Waals surface area contributed by atoms with Gasteiger partial charge in [-0.2, -0.15) is 5.26 Å². The van der Waals surface area contributed by atoms with Crippen LogP contribution < -0.4 is 5.32 Å². The fourth-order valence-electron chi connectivity index (χ4n) is 3.76. The number of rotatable bonds is 7. The van der Waals surface area contributed by atoms with Crippen molar-refractivity contribution in [2.75, 3.05) is 19.6 Å². The minimum Gasteiger partial charge on any atom is -0.334 e. The van der Waals surface area contributed by atoms with E-state index in [1.807, 2.05) is 48.5 Å². The van der Waals surface area contributed by atoms with Gasteiger partial charge in [-0.3, -0.25) is 4.79 Å². The third kappa shape index (κ3) is 4.99. The van der Waals surface area contributed by atoms with Crippen molar-refractivity contribution in [3.05, 3.63) is 59.7 Å². The summed E-state index contributed by atoms with van der Waals surface area (Å²) in [7, 11) is 0. The molecule has 0 aliphatic carbocycles. The number of hydrogen-bond acceptors (Lipinski definition) is 3. The quantitative estimate of drug-likeness (QED) is 0.719. The van der Waals surface area contributed by atoms with Crippen molar-refractivity contribution >= 4 is 5.91 Å². The number of nitrogens with one attached hydrogen (secondary N) is 1. The molecule has 1 N–H and O–H groups in total. The third-order valence-corrected chi connectivity index (χ3v) is 5.45. The van der Waals surface area contributed by atoms with Gasteiger partial charge in [0, 0.05) is 24.7 Å². The van der Waals surface area contributed by atoms with Crippen LogP contribution in [0.5, 0.6) is 0 Å². The predicted molar refractivity (Wildman–Crippen MR) is 113 cm³/mol. The van der Waals surface area contributed by atoms with Gasteiger partial charge in [-0.25, -0.2) is 0 Å². The summed E-state index contributed by atoms with van der Waals surface area (Å²) in [6, 6.07) is 17.8. The maximum absolute atomic E-state index is 13.1. The number of likely N-dealkylation sites (tertiary alicyclic amines) is 1. The molecule has 1 amide bonds. The Morgan fingerprint density at radius 2 is 1.79 bits per heavy atom. The van der Waals surface area contributed by atoms with Gasteiger partial charge in [-0.15, -0.1) is 0 Å². The number of hydrogen-bond donors (Lipinski definition) is 1. The van der Waals surface area contributed by atoms with Crippen molar-refractivity contribution in [3.63, 3.8) is 0 Å². The molecule has 28 heavy (non-hydrogen) atoms. The van der Waals surface area contributed by atoms with Gasteiger partial charge in [0.15, 0.2) is 0 Å². The van der Waals surface area contributed by atoms with Gasteiger partial charge in [0.2, 0.25) is 0 Å². The lowest BCUT2D eigenvalue weighted by Gasteiger charge is -2.36. The van der Waals surface area contributed by atoms with Crippen molar-refractivity contribution in [1.29, 1.82) is 5.26 Å². The van der Waals surface area contributed by atoms with Crippen LogP contribution in [0, 0.1) is 11.3 Å². The largest absolute Gasteiger partial charge is 0.334 e. The monoisotopic (exact) mass is 375 g/mol. The molecule has 0 bridgehead atoms. The Kier molecular flexibility index (Phi) is 7.22. The summed E-state index contributed by atoms with van der Waals surface area (Å²) in [5.41, 5.74) is 3.50. The molecule has 0 spiro atoms. The Labute approximate surface area is 168 Å². The van der Waals surface area contributed by atoms with E-state index in [1.54, 1.807) is 0 Å². The number of carbonyl (C=O) groups excluding carboxylic acids is 1. The number of nitriles is 1. The normalized spacial score (nSPS) is 16.6. The van der Waals surface area contributed by atoms with Crippen LogP contribution in [-0.2, 0) is 0 Å². The highest BCUT2D eigenvalue weighted by Gasteiger charge is 2.27. The average Bonchev–Trinajstić information content (AvgIpc) is 2.77. The summed E-state index contributed by atoms with van der Waals surface area (Å²) in [6.45, 7) is 4.94. The van der Waals surface area contributed by atoms with Gasteiger partial charge in [0.1, 0.15) is 0 Å². The Morgan fingerprint density at radius 1 is 1.11 bits per heavy atom. The number of amides is 1. The molecule has 1 heterocycles. The average molecular weight is 376 g/mol. The molecule has 1 unspecified atom stereocenters. The van der Waals surface area contributed by atoms with Crippen molar-refractivity contribution in [3.8, 4) is 17.2 Å². The number of benzene rings is 2. The molecule has 4 heteroatoms. The summed E-state index contributed by atoms with van der Waals surface area (Å²) in [6.07, 6.45) is 5.72. The second kappa shape index (κ2) is 10.1. The van der Waals surface area contributed by atoms with Gasteiger partial charge in [-0.05, 0) is 67.6 Å². The zero-order valence-corrected chi connectivity index (χ0v) is 16.7. The Balaban J connectivity index is 1.67. The molecule has 1 aliphatic heterocycles. The lowest BCUT2D eigenvalue weighted by Crippen LogP contribution is -2.48. The van der Waals surface area contributed by atoms with E-state index in [2.05, 4.69) is 23.2 Å². The summed E-state index contributed by atoms with van der Waals surface area (Å²) in [4.78, 5) is 15.1. The first-order valence-corrected chi connectivity index (χ1v) is 10.3. The lowest BCUT2D eigenvalue weighted by atomic mass is 9.99. The first-order valence-electron chi connectivity index (χ1n) is 10.3. The molecular formula is C24H29N3O. The smallest absolute Gasteiger partial charge is 0.254 e. The second-order valence-electron chi connectivity index (χ2n) is 7.47. The standard InChI is InChI=1S/C24H29N3O/c1-2-3-15-26-18-23-6-4-5-16-27(23)24(28)22-13-11-21(12-14-22)20-9-7-19(17-25)8-10-20/h7-14,23,26H,2-6,15-16,18H2,1H3. The van der Waals surface area contributed by atoms with Crippen LogP contribution in [0.15, 0.2) is 48.5 Å². The Bertz CT molecular complexity index is 805. The highest BCUT2D eigenvalue weighted by molar-refractivity contribution is 5.95. The molecule has 0 aromatic heterocycles. The van der Waals surface area contributed by atoms with Crippen LogP contribution in [0.2, 0.25) is 0 Å². The molecule has 0 radical (unpaired) electrons. The third-order valence-electron chi connectivity index (χ3n) is 5.45. The Morgan fingerprint density at radius 3 is 2.43 bits per heavy atom. The summed E-state index contributed by atoms with van der Waals surface area (Å²) in [5.74, 6) is 0.133. The van der Waals surface area contributed by atoms with Crippen LogP contribution in [0.4, 0.5) is 0 Å². The summed E-state index contributed by atoms with van der Waals surface area (Å²) in [5, 5.41) is 12.4. The zero-order valence-electron chi connectivity index (χ0n) is 16.7. The van der Waals surface area contributed by atoms with Crippen LogP contribution in [0.1, 0.15) is 54.9 Å². The SMILES string of the molecule is CCCCNCC1CCCCN1C(=O)c1ccc(-c2ccc(C#N)cc2)cc1. The molecule has 1 aliphatic rings. The van der Waals surface area contributed by atoms with E-state index in [4.69, 9.17) is 5.26 Å². The number of piperidine rings is 1. The first kappa shape index (κ1) is 20.1. The maximum atomic E-state index is 13.1. The van der Waals surface area contributed by atoms with Crippen LogP contribution in [0.3, 0.4) is 0 Å². The topological polar surface area (TPSA) is 56.1 Å².